The van der Waals surface area contributed by atoms with Gasteiger partial charge in [0.25, 0.3) is 17.4 Å². The minimum atomic E-state index is -0.266. The Balaban J connectivity index is 1.38. The average Bonchev–Trinajstić information content (AvgIpc) is 3.17. The quantitative estimate of drug-likeness (QED) is 0.678. The van der Waals surface area contributed by atoms with Crippen LogP contribution in [0, 0.1) is 0 Å². The van der Waals surface area contributed by atoms with Gasteiger partial charge in [0.15, 0.2) is 0 Å². The highest BCUT2D eigenvalue weighted by atomic mass is 16.2. The number of hydrogen-bond acceptors (Lipinski definition) is 6. The Kier molecular flexibility index (Phi) is 5.03. The van der Waals surface area contributed by atoms with Gasteiger partial charge in [-0.1, -0.05) is 0 Å². The van der Waals surface area contributed by atoms with Gasteiger partial charge >= 0.3 is 0 Å². The van der Waals surface area contributed by atoms with Crippen molar-refractivity contribution in [1.82, 2.24) is 30.2 Å². The number of fused-ring (bicyclic) bond motifs is 1. The fraction of sp³-hybridized carbons (Fsp3) is 0.300. The van der Waals surface area contributed by atoms with E-state index < -0.39 is 0 Å². The maximum Gasteiger partial charge on any atom is 0.271 e. The lowest BCUT2D eigenvalue weighted by atomic mass is 10.1. The molecule has 0 unspecified atom stereocenters. The molecule has 3 aromatic rings. The molecule has 1 aromatic carbocycles. The molecule has 0 radical (unpaired) electrons. The van der Waals surface area contributed by atoms with Gasteiger partial charge in [0, 0.05) is 37.1 Å². The Bertz CT molecular complexity index is 1130. The molecule has 0 bridgehead atoms. The third-order valence-electron chi connectivity index (χ3n) is 5.08. The van der Waals surface area contributed by atoms with Gasteiger partial charge in [0.2, 0.25) is 0 Å². The van der Waals surface area contributed by atoms with Gasteiger partial charge in [0.1, 0.15) is 5.69 Å². The van der Waals surface area contributed by atoms with Gasteiger partial charge in [-0.2, -0.15) is 0 Å². The van der Waals surface area contributed by atoms with Crippen molar-refractivity contribution in [3.8, 4) is 0 Å². The number of amides is 2. The van der Waals surface area contributed by atoms with Crippen molar-refractivity contribution in [3.63, 3.8) is 0 Å². The second-order valence-corrected chi connectivity index (χ2v) is 7.14. The summed E-state index contributed by atoms with van der Waals surface area (Å²) in [4.78, 5) is 49.0. The summed E-state index contributed by atoms with van der Waals surface area (Å²) in [6, 6.07) is 4.80. The molecule has 29 heavy (non-hydrogen) atoms. The molecular weight excluding hydrogens is 372 g/mol. The molecule has 1 saturated carbocycles. The predicted octanol–water partition coefficient (Wildman–Crippen LogP) is 0.804. The monoisotopic (exact) mass is 392 g/mol. The number of nitrogens with one attached hydrogen (secondary N) is 2. The maximum atomic E-state index is 12.6. The fourth-order valence-corrected chi connectivity index (χ4v) is 3.54. The van der Waals surface area contributed by atoms with Crippen LogP contribution in [-0.2, 0) is 7.05 Å². The Labute approximate surface area is 166 Å². The van der Waals surface area contributed by atoms with E-state index in [1.54, 1.807) is 25.2 Å². The molecular formula is C20H20N6O3. The summed E-state index contributed by atoms with van der Waals surface area (Å²) >= 11 is 0. The van der Waals surface area contributed by atoms with Crippen LogP contribution in [0.15, 0.2) is 47.9 Å². The molecule has 1 aliphatic carbocycles. The first-order chi connectivity index (χ1) is 14.0. The van der Waals surface area contributed by atoms with E-state index >= 15 is 0 Å². The minimum Gasteiger partial charge on any atom is -0.349 e. The van der Waals surface area contributed by atoms with Crippen molar-refractivity contribution in [3.05, 3.63) is 64.7 Å². The first-order valence-corrected chi connectivity index (χ1v) is 9.34. The summed E-state index contributed by atoms with van der Waals surface area (Å²) < 4.78 is 1.40. The van der Waals surface area contributed by atoms with Crippen LogP contribution in [0.4, 0.5) is 0 Å². The number of carbonyl (C=O) groups is 2. The van der Waals surface area contributed by atoms with Crippen molar-refractivity contribution in [2.45, 2.75) is 31.3 Å². The number of rotatable bonds is 4. The van der Waals surface area contributed by atoms with E-state index in [4.69, 9.17) is 0 Å². The second-order valence-electron chi connectivity index (χ2n) is 7.14. The summed E-state index contributed by atoms with van der Waals surface area (Å²) in [5.74, 6) is -0.488. The zero-order chi connectivity index (χ0) is 20.4. The Morgan fingerprint density at radius 1 is 1.07 bits per heavy atom. The highest BCUT2D eigenvalue weighted by Gasteiger charge is 2.28. The van der Waals surface area contributed by atoms with E-state index in [1.807, 2.05) is 0 Å². The summed E-state index contributed by atoms with van der Waals surface area (Å²) in [7, 11) is 1.63. The van der Waals surface area contributed by atoms with Gasteiger partial charge in [-0.3, -0.25) is 19.4 Å². The number of aryl methyl sites for hydroxylation is 1. The molecule has 2 aromatic heterocycles. The second kappa shape index (κ2) is 7.78. The van der Waals surface area contributed by atoms with Gasteiger partial charge < -0.3 is 15.2 Å². The minimum absolute atomic E-state index is 0.0314. The zero-order valence-corrected chi connectivity index (χ0v) is 15.8. The van der Waals surface area contributed by atoms with E-state index in [2.05, 4.69) is 25.6 Å². The molecule has 2 N–H and O–H groups in total. The third-order valence-corrected chi connectivity index (χ3v) is 5.08. The largest absolute Gasteiger partial charge is 0.349 e. The van der Waals surface area contributed by atoms with Crippen LogP contribution in [0.25, 0.3) is 10.9 Å². The summed E-state index contributed by atoms with van der Waals surface area (Å²) in [6.07, 6.45) is 8.02. The smallest absolute Gasteiger partial charge is 0.271 e. The molecule has 1 aliphatic rings. The average molecular weight is 392 g/mol. The van der Waals surface area contributed by atoms with Crippen LogP contribution in [-0.4, -0.2) is 43.4 Å². The lowest BCUT2D eigenvalue weighted by molar-refractivity contribution is 0.0932. The van der Waals surface area contributed by atoms with Gasteiger partial charge in [-0.25, -0.2) is 9.97 Å². The zero-order valence-electron chi connectivity index (χ0n) is 15.8. The van der Waals surface area contributed by atoms with E-state index in [0.717, 1.165) is 12.8 Å². The van der Waals surface area contributed by atoms with Crippen molar-refractivity contribution >= 4 is 22.7 Å². The van der Waals surface area contributed by atoms with E-state index in [-0.39, 0.29) is 35.2 Å². The first kappa shape index (κ1) is 18.7. The van der Waals surface area contributed by atoms with Crippen LogP contribution in [0.5, 0.6) is 0 Å². The summed E-state index contributed by atoms with van der Waals surface area (Å²) in [5, 5.41) is 6.41. The molecule has 9 nitrogen and oxygen atoms in total. The fourth-order valence-electron chi connectivity index (χ4n) is 3.54. The number of carbonyl (C=O) groups excluding carboxylic acids is 2. The number of nitrogens with zero attached hydrogens (tertiary/aromatic N) is 4. The first-order valence-electron chi connectivity index (χ1n) is 9.34. The van der Waals surface area contributed by atoms with Crippen LogP contribution in [0.3, 0.4) is 0 Å². The molecule has 0 spiro atoms. The van der Waals surface area contributed by atoms with Crippen molar-refractivity contribution in [1.29, 1.82) is 0 Å². The van der Waals surface area contributed by atoms with E-state index in [1.165, 1.54) is 29.5 Å². The van der Waals surface area contributed by atoms with Gasteiger partial charge in [-0.05, 0) is 37.5 Å². The Morgan fingerprint density at radius 2 is 1.83 bits per heavy atom. The Hall–Kier alpha value is -3.62. The molecule has 0 saturated heterocycles. The summed E-state index contributed by atoms with van der Waals surface area (Å²) in [5.41, 5.74) is 1.06. The van der Waals surface area contributed by atoms with Crippen LogP contribution in [0.2, 0.25) is 0 Å². The standard InChI is InChI=1S/C20H20N6O3/c1-26-11-23-16-8-12(2-5-15(16)20(26)29)18(27)24-13-3-4-14(9-13)25-19(28)17-10-21-6-7-22-17/h2,5-8,10-11,13-14H,3-4,9H2,1H3,(H,24,27)(H,25,28)/t13-,14+/m0/s1. The molecule has 148 valence electrons. The molecule has 2 heterocycles. The SMILES string of the molecule is Cn1cnc2cc(C(=O)N[C@H]3CC[C@@H](NC(=O)c4cnccn4)C3)ccc2c1=O. The molecule has 9 heteroatoms. The van der Waals surface area contributed by atoms with Crippen LogP contribution in [0.1, 0.15) is 40.1 Å². The van der Waals surface area contributed by atoms with Crippen molar-refractivity contribution in [2.24, 2.45) is 7.05 Å². The topological polar surface area (TPSA) is 119 Å². The van der Waals surface area contributed by atoms with Gasteiger partial charge in [-0.15, -0.1) is 0 Å². The van der Waals surface area contributed by atoms with Crippen LogP contribution < -0.4 is 16.2 Å². The summed E-state index contributed by atoms with van der Waals surface area (Å²) in [6.45, 7) is 0. The molecule has 0 aliphatic heterocycles. The third kappa shape index (κ3) is 3.98. The predicted molar refractivity (Wildman–Crippen MR) is 105 cm³/mol. The lowest BCUT2D eigenvalue weighted by Gasteiger charge is -2.15. The highest BCUT2D eigenvalue weighted by molar-refractivity contribution is 5.97. The molecule has 2 atom stereocenters. The Morgan fingerprint density at radius 3 is 2.55 bits per heavy atom. The highest BCUT2D eigenvalue weighted by Crippen LogP contribution is 2.20. The molecule has 2 amide bonds. The number of hydrogen-bond donors (Lipinski definition) is 2. The van der Waals surface area contributed by atoms with Gasteiger partial charge in [0.05, 0.1) is 23.4 Å². The number of aromatic nitrogens is 4. The maximum absolute atomic E-state index is 12.6. The van der Waals surface area contributed by atoms with Crippen LogP contribution >= 0.6 is 0 Å². The van der Waals surface area contributed by atoms with E-state index in [9.17, 15) is 14.4 Å². The molecule has 1 fully saturated rings. The van der Waals surface area contributed by atoms with E-state index in [0.29, 0.717) is 22.9 Å². The number of benzene rings is 1. The lowest BCUT2D eigenvalue weighted by Crippen LogP contribution is -2.37. The van der Waals surface area contributed by atoms with Crippen molar-refractivity contribution in [2.75, 3.05) is 0 Å². The molecule has 4 rings (SSSR count). The normalized spacial score (nSPS) is 18.5. The van der Waals surface area contributed by atoms with Crippen molar-refractivity contribution < 1.29 is 9.59 Å².